The first-order chi connectivity index (χ1) is 7.36. The molecule has 0 amide bonds. The molecule has 1 rings (SSSR count). The van der Waals surface area contributed by atoms with Crippen molar-refractivity contribution in [2.45, 2.75) is 12.8 Å². The first-order valence-corrected chi connectivity index (χ1v) is 5.94. The van der Waals surface area contributed by atoms with E-state index >= 15 is 0 Å². The van der Waals surface area contributed by atoms with Crippen molar-refractivity contribution in [1.29, 1.82) is 0 Å². The van der Waals surface area contributed by atoms with Gasteiger partial charge in [-0.3, -0.25) is 0 Å². The minimum Gasteiger partial charge on any atom is -0.497 e. The van der Waals surface area contributed by atoms with Gasteiger partial charge in [0.05, 0.1) is 7.11 Å². The van der Waals surface area contributed by atoms with Crippen LogP contribution >= 0.6 is 12.6 Å². The fourth-order valence-electron chi connectivity index (χ4n) is 1.39. The number of methoxy groups -OCH3 is 1. The van der Waals surface area contributed by atoms with Gasteiger partial charge >= 0.3 is 0 Å². The summed E-state index contributed by atoms with van der Waals surface area (Å²) in [4.78, 5) is 0. The van der Waals surface area contributed by atoms with Gasteiger partial charge in [0, 0.05) is 0 Å². The van der Waals surface area contributed by atoms with Crippen LogP contribution in [0.1, 0.15) is 12.0 Å². The normalized spacial score (nSPS) is 10.3. The predicted octanol–water partition coefficient (Wildman–Crippen LogP) is 2.15. The van der Waals surface area contributed by atoms with Crippen molar-refractivity contribution < 1.29 is 4.74 Å². The fraction of sp³-hybridized carbons (Fsp3) is 0.500. The molecule has 0 atom stereocenters. The summed E-state index contributed by atoms with van der Waals surface area (Å²) >= 11 is 4.16. The second-order valence-corrected chi connectivity index (χ2v) is 3.88. The maximum atomic E-state index is 5.17. The summed E-state index contributed by atoms with van der Waals surface area (Å²) < 4.78 is 5.17. The third-order valence-corrected chi connectivity index (χ3v) is 2.55. The summed E-state index contributed by atoms with van der Waals surface area (Å²) in [7, 11) is 1.70. The molecule has 0 unspecified atom stereocenters. The smallest absolute Gasteiger partial charge is 0.119 e. The Morgan fingerprint density at radius 3 is 2.93 bits per heavy atom. The lowest BCUT2D eigenvalue weighted by atomic mass is 10.1. The molecule has 0 aliphatic heterocycles. The topological polar surface area (TPSA) is 21.3 Å². The highest BCUT2D eigenvalue weighted by Gasteiger charge is 1.95. The van der Waals surface area contributed by atoms with Crippen molar-refractivity contribution in [3.63, 3.8) is 0 Å². The number of ether oxygens (including phenoxy) is 1. The van der Waals surface area contributed by atoms with E-state index in [1.54, 1.807) is 7.11 Å². The average Bonchev–Trinajstić information content (AvgIpc) is 2.29. The Balaban J connectivity index is 2.24. The Hall–Kier alpha value is -0.670. The number of hydrogen-bond acceptors (Lipinski definition) is 3. The van der Waals surface area contributed by atoms with E-state index in [0.29, 0.717) is 0 Å². The zero-order valence-corrected chi connectivity index (χ0v) is 10.1. The van der Waals surface area contributed by atoms with Gasteiger partial charge in [0.1, 0.15) is 5.75 Å². The number of rotatable bonds is 7. The van der Waals surface area contributed by atoms with E-state index in [0.717, 1.165) is 37.4 Å². The highest BCUT2D eigenvalue weighted by Crippen LogP contribution is 2.12. The fourth-order valence-corrected chi connectivity index (χ4v) is 1.55. The Bertz CT molecular complexity index is 278. The molecular weight excluding hydrogens is 206 g/mol. The summed E-state index contributed by atoms with van der Waals surface area (Å²) in [6.07, 6.45) is 2.17. The molecule has 0 spiro atoms. The lowest BCUT2D eigenvalue weighted by molar-refractivity contribution is 0.414. The number of thiol groups is 1. The number of hydrogen-bond donors (Lipinski definition) is 2. The van der Waals surface area contributed by atoms with E-state index in [-0.39, 0.29) is 0 Å². The minimum absolute atomic E-state index is 0.933. The second kappa shape index (κ2) is 7.60. The Labute approximate surface area is 97.4 Å². The van der Waals surface area contributed by atoms with E-state index in [1.165, 1.54) is 5.56 Å². The van der Waals surface area contributed by atoms with Gasteiger partial charge in [-0.05, 0) is 49.4 Å². The molecule has 0 fully saturated rings. The standard InChI is InChI=1S/C12H19NOS/c1-14-12-5-2-4-11(10-12)6-8-13-7-3-9-15/h2,4-5,10,13,15H,3,6-9H2,1H3. The van der Waals surface area contributed by atoms with Crippen molar-refractivity contribution in [2.75, 3.05) is 26.0 Å². The molecule has 0 aliphatic rings. The molecule has 0 radical (unpaired) electrons. The molecule has 0 aliphatic carbocycles. The molecule has 0 heterocycles. The summed E-state index contributed by atoms with van der Waals surface area (Å²) in [5.74, 6) is 1.88. The summed E-state index contributed by atoms with van der Waals surface area (Å²) in [6.45, 7) is 2.06. The monoisotopic (exact) mass is 225 g/mol. The molecule has 0 bridgehead atoms. The Morgan fingerprint density at radius 1 is 1.33 bits per heavy atom. The highest BCUT2D eigenvalue weighted by molar-refractivity contribution is 7.80. The maximum absolute atomic E-state index is 5.17. The first-order valence-electron chi connectivity index (χ1n) is 5.31. The predicted molar refractivity (Wildman–Crippen MR) is 68.0 cm³/mol. The number of nitrogens with one attached hydrogen (secondary N) is 1. The first kappa shape index (κ1) is 12.4. The van der Waals surface area contributed by atoms with Gasteiger partial charge in [0.25, 0.3) is 0 Å². The molecule has 0 saturated carbocycles. The molecular formula is C12H19NOS. The van der Waals surface area contributed by atoms with Gasteiger partial charge in [0.2, 0.25) is 0 Å². The largest absolute Gasteiger partial charge is 0.497 e. The average molecular weight is 225 g/mol. The summed E-state index contributed by atoms with van der Waals surface area (Å²) in [5, 5.41) is 3.38. The van der Waals surface area contributed by atoms with Crippen LogP contribution in [-0.2, 0) is 6.42 Å². The van der Waals surface area contributed by atoms with Gasteiger partial charge in [0.15, 0.2) is 0 Å². The number of benzene rings is 1. The zero-order valence-electron chi connectivity index (χ0n) is 9.20. The van der Waals surface area contributed by atoms with E-state index in [1.807, 2.05) is 12.1 Å². The van der Waals surface area contributed by atoms with Crippen LogP contribution < -0.4 is 10.1 Å². The van der Waals surface area contributed by atoms with Crippen LogP contribution in [-0.4, -0.2) is 26.0 Å². The molecule has 0 saturated heterocycles. The molecule has 2 nitrogen and oxygen atoms in total. The van der Waals surface area contributed by atoms with Crippen LogP contribution in [0.4, 0.5) is 0 Å². The van der Waals surface area contributed by atoms with Crippen LogP contribution in [0.3, 0.4) is 0 Å². The van der Waals surface area contributed by atoms with Gasteiger partial charge in [-0.2, -0.15) is 12.6 Å². The van der Waals surface area contributed by atoms with Crippen molar-refractivity contribution in [3.8, 4) is 5.75 Å². The highest BCUT2D eigenvalue weighted by atomic mass is 32.1. The van der Waals surface area contributed by atoms with Crippen molar-refractivity contribution in [2.24, 2.45) is 0 Å². The minimum atomic E-state index is 0.933. The molecule has 1 aromatic rings. The van der Waals surface area contributed by atoms with Gasteiger partial charge in [-0.1, -0.05) is 12.1 Å². The molecule has 0 aromatic heterocycles. The zero-order chi connectivity index (χ0) is 10.9. The summed E-state index contributed by atoms with van der Waals surface area (Å²) in [6, 6.07) is 8.21. The van der Waals surface area contributed by atoms with Crippen LogP contribution in [0.5, 0.6) is 5.75 Å². The van der Waals surface area contributed by atoms with Gasteiger partial charge in [-0.25, -0.2) is 0 Å². The molecule has 84 valence electrons. The van der Waals surface area contributed by atoms with Gasteiger partial charge < -0.3 is 10.1 Å². The van der Waals surface area contributed by atoms with Crippen LogP contribution in [0.25, 0.3) is 0 Å². The Kier molecular flexibility index (Phi) is 6.28. The quantitative estimate of drug-likeness (QED) is 0.548. The van der Waals surface area contributed by atoms with Crippen molar-refractivity contribution in [3.05, 3.63) is 29.8 Å². The van der Waals surface area contributed by atoms with E-state index in [9.17, 15) is 0 Å². The third kappa shape index (κ3) is 5.09. The molecule has 1 N–H and O–H groups in total. The van der Waals surface area contributed by atoms with Crippen LogP contribution in [0.2, 0.25) is 0 Å². The second-order valence-electron chi connectivity index (χ2n) is 3.43. The van der Waals surface area contributed by atoms with Crippen LogP contribution in [0, 0.1) is 0 Å². The molecule has 1 aromatic carbocycles. The van der Waals surface area contributed by atoms with E-state index in [2.05, 4.69) is 30.1 Å². The summed E-state index contributed by atoms with van der Waals surface area (Å²) in [5.41, 5.74) is 1.31. The Morgan fingerprint density at radius 2 is 2.20 bits per heavy atom. The SMILES string of the molecule is COc1cccc(CCNCCCS)c1. The lowest BCUT2D eigenvalue weighted by Crippen LogP contribution is -2.18. The molecule has 3 heteroatoms. The lowest BCUT2D eigenvalue weighted by Gasteiger charge is -2.05. The third-order valence-electron chi connectivity index (χ3n) is 2.24. The maximum Gasteiger partial charge on any atom is 0.119 e. The van der Waals surface area contributed by atoms with Gasteiger partial charge in [-0.15, -0.1) is 0 Å². The van der Waals surface area contributed by atoms with E-state index < -0.39 is 0 Å². The van der Waals surface area contributed by atoms with E-state index in [4.69, 9.17) is 4.74 Å². The van der Waals surface area contributed by atoms with Crippen LogP contribution in [0.15, 0.2) is 24.3 Å². The van der Waals surface area contributed by atoms with Crippen molar-refractivity contribution >= 4 is 12.6 Å². The van der Waals surface area contributed by atoms with Crippen molar-refractivity contribution in [1.82, 2.24) is 5.32 Å². The molecule has 15 heavy (non-hydrogen) atoms.